The standard InChI is InChI=1S/C71H120N16O22/c1-38(2)35-48-58(96)82-44(26-31-74-62(100)105-67(5,6)7)54(92)81-47(29-34-77-65(103)108-70(14,15)16)57(95)87-50(39(3)88)60(98)73-30-25-43(53(91)80-45(27-32-75-63(101)106-68(8,9)10)56(94)85-49(59(97)84-48)36-41-23-21-20-22-24-41)79-55(93)46(28-33-76-64(102)107-69(11,12)13)83-61(99)51(40(4)89)86-52(90)42(72)37-78-66(104)109-71(17,18)19/h20-24,38-40,42-51,88-89H,25-37,72H2,1-19H3,(H,73,98)(H,74,100)(H,75,101)(H,76,102)(H,77,103)(H,78,104)(H,79,93)(H,80,91)(H,81,92)(H,82,96)(H,83,99)(H,84,97)(H,85,94)(H,86,90)(H,87,95)/t39?,40?,42-,43-,44-,45-,46-,47-,48-,49+,50-,51-/m0/s1. The SMILES string of the molecule is CC(C)C[C@@H]1NC(=O)[C@@H](Cc2ccccc2)NC(=O)[C@H](CCNC(=O)OC(C)(C)C)NC(=O)[C@@H](NC(=O)[C@H](CCNC(=O)OC(C)(C)C)NC(=O)[C@@H](NC(=O)[C@@H](N)CNC(=O)OC(C)(C)C)C(C)O)CCNC(=O)[C@H](C(C)O)NC(=O)[C@H](CCNC(=O)OC(C)(C)C)NC(=O)[C@H](CCNC(=O)OC(C)(C)C)NC1=O. The minimum atomic E-state index is -1.92. The number of aliphatic hydroxyl groups is 2. The highest BCUT2D eigenvalue weighted by atomic mass is 16.6. The number of hydrogen-bond donors (Lipinski definition) is 18. The molecular weight excluding hydrogens is 1430 g/mol. The molecule has 0 aliphatic carbocycles. The van der Waals surface area contributed by atoms with E-state index in [9.17, 15) is 67.7 Å². The van der Waals surface area contributed by atoms with Crippen LogP contribution in [-0.4, -0.2) is 240 Å². The lowest BCUT2D eigenvalue weighted by molar-refractivity contribution is -0.136. The zero-order valence-corrected chi connectivity index (χ0v) is 66.2. The van der Waals surface area contributed by atoms with E-state index >= 15 is 14.4 Å². The van der Waals surface area contributed by atoms with Crippen molar-refractivity contribution in [1.82, 2.24) is 79.8 Å². The Hall–Kier alpha value is -9.85. The summed E-state index contributed by atoms with van der Waals surface area (Å²) in [6.45, 7) is 26.7. The molecule has 12 atom stereocenters. The summed E-state index contributed by atoms with van der Waals surface area (Å²) in [6.07, 6.45) is -11.1. The average molecular weight is 1550 g/mol. The number of aliphatic hydroxyl groups excluding tert-OH is 2. The fourth-order valence-corrected chi connectivity index (χ4v) is 9.91. The molecule has 1 heterocycles. The van der Waals surface area contributed by atoms with E-state index in [1.807, 2.05) is 0 Å². The Bertz CT molecular complexity index is 3250. The van der Waals surface area contributed by atoms with Gasteiger partial charge in [0.05, 0.1) is 12.2 Å². The van der Waals surface area contributed by atoms with Gasteiger partial charge in [-0.15, -0.1) is 0 Å². The minimum absolute atomic E-state index is 0.117. The highest BCUT2D eigenvalue weighted by Crippen LogP contribution is 2.15. The van der Waals surface area contributed by atoms with Crippen LogP contribution in [0, 0.1) is 5.92 Å². The largest absolute Gasteiger partial charge is 0.444 e. The number of hydrogen-bond acceptors (Lipinski definition) is 23. The van der Waals surface area contributed by atoms with E-state index in [0.29, 0.717) is 5.56 Å². The molecule has 109 heavy (non-hydrogen) atoms. The van der Waals surface area contributed by atoms with Crippen molar-refractivity contribution in [3.05, 3.63) is 35.9 Å². The van der Waals surface area contributed by atoms with Gasteiger partial charge in [-0.1, -0.05) is 44.2 Å². The molecule has 1 aromatic rings. The zero-order chi connectivity index (χ0) is 83.1. The Labute approximate surface area is 636 Å². The van der Waals surface area contributed by atoms with Gasteiger partial charge in [-0.05, 0) is 168 Å². The molecule has 1 aliphatic heterocycles. The van der Waals surface area contributed by atoms with Crippen LogP contribution in [0.25, 0.3) is 0 Å². The van der Waals surface area contributed by atoms with Crippen LogP contribution >= 0.6 is 0 Å². The van der Waals surface area contributed by atoms with E-state index in [2.05, 4.69) is 79.8 Å². The average Bonchev–Trinajstić information content (AvgIpc) is 1.21. The third-order valence-electron chi connectivity index (χ3n) is 14.9. The molecule has 15 amide bonds. The van der Waals surface area contributed by atoms with Gasteiger partial charge in [0.1, 0.15) is 88.4 Å². The second kappa shape index (κ2) is 44.0. The number of nitrogens with one attached hydrogen (secondary N) is 15. The number of benzene rings is 1. The minimum Gasteiger partial charge on any atom is -0.444 e. The van der Waals surface area contributed by atoms with Crippen molar-refractivity contribution in [1.29, 1.82) is 0 Å². The summed E-state index contributed by atoms with van der Waals surface area (Å²) in [4.78, 5) is 211. The normalized spacial score (nSPS) is 20.5. The van der Waals surface area contributed by atoms with Crippen LogP contribution in [0.2, 0.25) is 0 Å². The van der Waals surface area contributed by atoms with E-state index in [4.69, 9.17) is 29.4 Å². The molecule has 38 nitrogen and oxygen atoms in total. The molecule has 1 saturated heterocycles. The van der Waals surface area contributed by atoms with Gasteiger partial charge in [-0.25, -0.2) is 24.0 Å². The van der Waals surface area contributed by atoms with Crippen molar-refractivity contribution in [3.8, 4) is 0 Å². The molecule has 38 heteroatoms. The maximum atomic E-state index is 15.2. The van der Waals surface area contributed by atoms with Gasteiger partial charge in [-0.2, -0.15) is 0 Å². The molecule has 0 saturated carbocycles. The Morgan fingerprint density at radius 1 is 0.468 bits per heavy atom. The van der Waals surface area contributed by atoms with Crippen LogP contribution < -0.4 is 85.5 Å². The van der Waals surface area contributed by atoms with E-state index < -0.39 is 248 Å². The summed E-state index contributed by atoms with van der Waals surface area (Å²) in [5.74, 6) is -11.5. The molecule has 0 spiro atoms. The topological polar surface area (TPSA) is 549 Å². The van der Waals surface area contributed by atoms with E-state index in [1.165, 1.54) is 0 Å². The fourth-order valence-electron chi connectivity index (χ4n) is 9.91. The van der Waals surface area contributed by atoms with Gasteiger partial charge in [-0.3, -0.25) is 47.9 Å². The number of carbonyl (C=O) groups is 15. The molecule has 0 bridgehead atoms. The monoisotopic (exact) mass is 1550 g/mol. The predicted octanol–water partition coefficient (Wildman–Crippen LogP) is -0.569. The number of carbonyl (C=O) groups excluding carboxylic acids is 15. The van der Waals surface area contributed by atoms with E-state index in [0.717, 1.165) is 13.8 Å². The summed E-state index contributed by atoms with van der Waals surface area (Å²) < 4.78 is 26.7. The van der Waals surface area contributed by atoms with Crippen LogP contribution in [0.3, 0.4) is 0 Å². The van der Waals surface area contributed by atoms with Crippen molar-refractivity contribution in [2.75, 3.05) is 39.3 Å². The second-order valence-electron chi connectivity index (χ2n) is 31.6. The van der Waals surface area contributed by atoms with Gasteiger partial charge in [0, 0.05) is 45.7 Å². The molecule has 2 rings (SSSR count). The maximum absolute atomic E-state index is 15.2. The Balaban J connectivity index is 3.08. The van der Waals surface area contributed by atoms with E-state index in [1.54, 1.807) is 148 Å². The number of amides is 15. The van der Waals surface area contributed by atoms with E-state index in [-0.39, 0.29) is 31.8 Å². The summed E-state index contributed by atoms with van der Waals surface area (Å²) in [6, 6.07) is -9.19. The Kier molecular flexibility index (Phi) is 38.4. The molecule has 2 unspecified atom stereocenters. The molecule has 1 aliphatic rings. The number of nitrogens with two attached hydrogens (primary N) is 1. The summed E-state index contributed by atoms with van der Waals surface area (Å²) in [5, 5.41) is 59.5. The van der Waals surface area contributed by atoms with Crippen LogP contribution in [0.4, 0.5) is 24.0 Å². The van der Waals surface area contributed by atoms with Gasteiger partial charge < -0.3 is 119 Å². The highest BCUT2D eigenvalue weighted by Gasteiger charge is 2.39. The molecule has 0 aromatic heterocycles. The molecule has 1 fully saturated rings. The van der Waals surface area contributed by atoms with Crippen LogP contribution in [0.15, 0.2) is 30.3 Å². The van der Waals surface area contributed by atoms with Crippen molar-refractivity contribution < 1.29 is 106 Å². The lowest BCUT2D eigenvalue weighted by Crippen LogP contribution is -2.62. The quantitative estimate of drug-likeness (QED) is 0.0517. The first-order chi connectivity index (χ1) is 50.2. The van der Waals surface area contributed by atoms with Gasteiger partial charge >= 0.3 is 30.5 Å². The van der Waals surface area contributed by atoms with Crippen LogP contribution in [0.1, 0.15) is 176 Å². The second-order valence-corrected chi connectivity index (χ2v) is 31.6. The zero-order valence-electron chi connectivity index (χ0n) is 66.2. The first-order valence-corrected chi connectivity index (χ1v) is 36.2. The molecular formula is C71H120N16O22. The van der Waals surface area contributed by atoms with Crippen molar-refractivity contribution >= 4 is 89.5 Å². The number of ether oxygens (including phenoxy) is 5. The first kappa shape index (κ1) is 95.2. The number of alkyl carbamates (subject to hydrolysis) is 5. The predicted molar refractivity (Wildman–Crippen MR) is 396 cm³/mol. The summed E-state index contributed by atoms with van der Waals surface area (Å²) >= 11 is 0. The van der Waals surface area contributed by atoms with Crippen molar-refractivity contribution in [2.45, 2.75) is 277 Å². The summed E-state index contributed by atoms with van der Waals surface area (Å²) in [5.41, 5.74) is 1.61. The van der Waals surface area contributed by atoms with Crippen molar-refractivity contribution in [2.24, 2.45) is 11.7 Å². The third kappa shape index (κ3) is 40.2. The lowest BCUT2D eigenvalue weighted by Gasteiger charge is -2.29. The smallest absolute Gasteiger partial charge is 0.407 e. The number of rotatable bonds is 26. The third-order valence-corrected chi connectivity index (χ3v) is 14.9. The van der Waals surface area contributed by atoms with Crippen molar-refractivity contribution in [3.63, 3.8) is 0 Å². The molecule has 19 N–H and O–H groups in total. The maximum Gasteiger partial charge on any atom is 0.407 e. The Morgan fingerprint density at radius 3 is 1.26 bits per heavy atom. The fraction of sp³-hybridized carbons (Fsp3) is 0.704. The van der Waals surface area contributed by atoms with Gasteiger partial charge in [0.25, 0.3) is 0 Å². The van der Waals surface area contributed by atoms with Gasteiger partial charge in [0.2, 0.25) is 59.1 Å². The molecule has 616 valence electrons. The lowest BCUT2D eigenvalue weighted by atomic mass is 10.00. The summed E-state index contributed by atoms with van der Waals surface area (Å²) in [7, 11) is 0. The van der Waals surface area contributed by atoms with Crippen LogP contribution in [0.5, 0.6) is 0 Å². The molecule has 1 aromatic carbocycles. The van der Waals surface area contributed by atoms with Crippen LogP contribution in [-0.2, 0) is 78.1 Å². The van der Waals surface area contributed by atoms with Gasteiger partial charge in [0.15, 0.2) is 0 Å². The Morgan fingerprint density at radius 2 is 0.844 bits per heavy atom. The highest BCUT2D eigenvalue weighted by molar-refractivity contribution is 5.99. The first-order valence-electron chi connectivity index (χ1n) is 36.2. The molecule has 0 radical (unpaired) electrons.